The van der Waals surface area contributed by atoms with E-state index in [-0.39, 0.29) is 0 Å². The molecule has 1 heteroatoms. The van der Waals surface area contributed by atoms with Gasteiger partial charge < -0.3 is 0 Å². The normalized spacial score (nSPS) is 12.5. The molecular weight excluding hydrogens is 419 g/mol. The molecule has 0 N–H and O–H groups in total. The third-order valence-corrected chi connectivity index (χ3v) is 22.8. The van der Waals surface area contributed by atoms with Gasteiger partial charge in [-0.05, 0) is 0 Å². The molecule has 1 aromatic carbocycles. The summed E-state index contributed by atoms with van der Waals surface area (Å²) in [6, 6.07) is 10.7. The van der Waals surface area contributed by atoms with Crippen molar-refractivity contribution in [3.05, 3.63) is 35.9 Å². The molecule has 0 bridgehead atoms. The zero-order valence-electron chi connectivity index (χ0n) is 17.9. The van der Waals surface area contributed by atoms with Gasteiger partial charge in [-0.2, -0.15) is 0 Å². The van der Waals surface area contributed by atoms with Gasteiger partial charge in [-0.15, -0.1) is 0 Å². The first kappa shape index (κ1) is 23.6. The van der Waals surface area contributed by atoms with E-state index < -0.39 is 18.4 Å². The van der Waals surface area contributed by atoms with E-state index in [1.165, 1.54) is 63.4 Å². The van der Waals surface area contributed by atoms with Crippen LogP contribution in [0.1, 0.15) is 91.0 Å². The van der Waals surface area contributed by atoms with Gasteiger partial charge in [0.25, 0.3) is 0 Å². The Bertz CT molecular complexity index is 486. The van der Waals surface area contributed by atoms with E-state index in [1.807, 2.05) is 0 Å². The first-order chi connectivity index (χ1) is 12.7. The summed E-state index contributed by atoms with van der Waals surface area (Å²) in [6.45, 7) is 9.44. The van der Waals surface area contributed by atoms with Crippen molar-refractivity contribution in [3.8, 4) is 11.8 Å². The first-order valence-electron chi connectivity index (χ1n) is 11.3. The quantitative estimate of drug-likeness (QED) is 0.204. The summed E-state index contributed by atoms with van der Waals surface area (Å²) in [7, 11) is 0. The molecule has 26 heavy (non-hydrogen) atoms. The van der Waals surface area contributed by atoms with Gasteiger partial charge in [-0.3, -0.25) is 0 Å². The van der Waals surface area contributed by atoms with Gasteiger partial charge in [-0.1, -0.05) is 0 Å². The molecular formula is C25H42Sn. The van der Waals surface area contributed by atoms with Crippen LogP contribution in [-0.2, 0) is 0 Å². The summed E-state index contributed by atoms with van der Waals surface area (Å²) < 4.78 is 5.48. The van der Waals surface area contributed by atoms with E-state index in [1.54, 1.807) is 13.3 Å². The number of hydrogen-bond acceptors (Lipinski definition) is 0. The number of benzene rings is 1. The fourth-order valence-corrected chi connectivity index (χ4v) is 21.7. The van der Waals surface area contributed by atoms with Gasteiger partial charge in [0, 0.05) is 0 Å². The Morgan fingerprint density at radius 2 is 1.23 bits per heavy atom. The van der Waals surface area contributed by atoms with Crippen LogP contribution in [0.5, 0.6) is 0 Å². The molecule has 0 aliphatic heterocycles. The molecule has 0 saturated heterocycles. The van der Waals surface area contributed by atoms with Crippen LogP contribution in [-0.4, -0.2) is 18.4 Å². The average Bonchev–Trinajstić information content (AvgIpc) is 2.69. The van der Waals surface area contributed by atoms with Crippen molar-refractivity contribution >= 4 is 18.4 Å². The second-order valence-corrected chi connectivity index (χ2v) is 22.1. The maximum atomic E-state index is 3.88. The Labute approximate surface area is 168 Å². The standard InChI is InChI=1S/C13H15.3C4H9.Sn/c1-2-3-4-5-7-10-13-11-8-6-9-12-13;3*1-3-4-2;/h5-6,8-9,11-12H,2-4H2,1H3;3*1,3-4H2,2H3;. The molecule has 1 aromatic rings. The molecule has 0 spiro atoms. The van der Waals surface area contributed by atoms with Crippen molar-refractivity contribution in [3.63, 3.8) is 0 Å². The second-order valence-electron chi connectivity index (χ2n) is 8.00. The van der Waals surface area contributed by atoms with E-state index in [0.29, 0.717) is 0 Å². The zero-order chi connectivity index (χ0) is 19.1. The number of hydrogen-bond donors (Lipinski definition) is 0. The topological polar surface area (TPSA) is 0 Å². The molecule has 0 fully saturated rings. The molecule has 0 aromatic heterocycles. The Balaban J connectivity index is 3.16. The molecule has 1 unspecified atom stereocenters. The van der Waals surface area contributed by atoms with Crippen molar-refractivity contribution < 1.29 is 0 Å². The van der Waals surface area contributed by atoms with Crippen LogP contribution < -0.4 is 0 Å². The molecule has 0 aliphatic rings. The first-order valence-corrected chi connectivity index (χ1v) is 19.0. The van der Waals surface area contributed by atoms with Gasteiger partial charge in [0.15, 0.2) is 0 Å². The van der Waals surface area contributed by atoms with Crippen molar-refractivity contribution in [1.82, 2.24) is 0 Å². The molecule has 1 atom stereocenters. The Morgan fingerprint density at radius 1 is 0.731 bits per heavy atom. The van der Waals surface area contributed by atoms with E-state index in [9.17, 15) is 0 Å². The van der Waals surface area contributed by atoms with Crippen LogP contribution in [0, 0.1) is 11.8 Å². The van der Waals surface area contributed by atoms with Crippen molar-refractivity contribution in [2.45, 2.75) is 103 Å². The fourth-order valence-electron chi connectivity index (χ4n) is 4.12. The third kappa shape index (κ3) is 8.51. The van der Waals surface area contributed by atoms with E-state index in [4.69, 9.17) is 0 Å². The van der Waals surface area contributed by atoms with Crippen LogP contribution in [0.25, 0.3) is 0 Å². The molecule has 0 nitrogen and oxygen atoms in total. The van der Waals surface area contributed by atoms with Crippen LogP contribution in [0.4, 0.5) is 0 Å². The van der Waals surface area contributed by atoms with E-state index in [2.05, 4.69) is 69.9 Å². The average molecular weight is 461 g/mol. The van der Waals surface area contributed by atoms with Gasteiger partial charge >= 0.3 is 169 Å². The SMILES string of the molecule is CCCC[CH](C#Cc1ccccc1)[Sn]([CH2]CCC)([CH2]CCC)[CH2]CCC. The molecule has 0 radical (unpaired) electrons. The minimum atomic E-state index is -2.27. The van der Waals surface area contributed by atoms with Gasteiger partial charge in [0.05, 0.1) is 0 Å². The summed E-state index contributed by atoms with van der Waals surface area (Å²) in [5.41, 5.74) is 1.20. The number of unbranched alkanes of at least 4 members (excludes halogenated alkanes) is 4. The third-order valence-electron chi connectivity index (χ3n) is 5.83. The molecule has 0 saturated carbocycles. The molecule has 0 aliphatic carbocycles. The summed E-state index contributed by atoms with van der Waals surface area (Å²) in [6.07, 6.45) is 12.4. The van der Waals surface area contributed by atoms with E-state index in [0.717, 1.165) is 3.93 Å². The Kier molecular flexibility index (Phi) is 13.3. The summed E-state index contributed by atoms with van der Waals surface area (Å²) in [5.74, 6) is 7.47. The maximum absolute atomic E-state index is 3.88. The molecule has 0 amide bonds. The Morgan fingerprint density at radius 3 is 1.69 bits per heavy atom. The fraction of sp³-hybridized carbons (Fsp3) is 0.680. The van der Waals surface area contributed by atoms with Crippen LogP contribution in [0.3, 0.4) is 0 Å². The van der Waals surface area contributed by atoms with E-state index >= 15 is 0 Å². The molecule has 0 heterocycles. The van der Waals surface area contributed by atoms with Crippen molar-refractivity contribution in [2.75, 3.05) is 0 Å². The van der Waals surface area contributed by atoms with Gasteiger partial charge in [0.1, 0.15) is 0 Å². The van der Waals surface area contributed by atoms with Crippen LogP contribution in [0.15, 0.2) is 30.3 Å². The van der Waals surface area contributed by atoms with Crippen LogP contribution in [0.2, 0.25) is 17.2 Å². The zero-order valence-corrected chi connectivity index (χ0v) is 20.8. The predicted molar refractivity (Wildman–Crippen MR) is 121 cm³/mol. The predicted octanol–water partition coefficient (Wildman–Crippen LogP) is 8.45. The van der Waals surface area contributed by atoms with Crippen LogP contribution >= 0.6 is 0 Å². The second kappa shape index (κ2) is 14.6. The molecule has 146 valence electrons. The summed E-state index contributed by atoms with van der Waals surface area (Å²) in [4.78, 5) is 0. The monoisotopic (exact) mass is 462 g/mol. The van der Waals surface area contributed by atoms with Gasteiger partial charge in [0.2, 0.25) is 0 Å². The van der Waals surface area contributed by atoms with Gasteiger partial charge in [-0.25, -0.2) is 0 Å². The minimum absolute atomic E-state index is 0.758. The van der Waals surface area contributed by atoms with Crippen molar-refractivity contribution in [2.24, 2.45) is 0 Å². The Hall–Kier alpha value is -0.421. The summed E-state index contributed by atoms with van der Waals surface area (Å²) >= 11 is -2.27. The number of rotatable bonds is 13. The van der Waals surface area contributed by atoms with Crippen molar-refractivity contribution in [1.29, 1.82) is 0 Å². The summed E-state index contributed by atoms with van der Waals surface area (Å²) in [5, 5.41) is 0. The molecule has 1 rings (SSSR count).